The first-order chi connectivity index (χ1) is 14.2. The number of amides is 1. The number of rotatable bonds is 4. The highest BCUT2D eigenvalue weighted by Crippen LogP contribution is 2.32. The van der Waals surface area contributed by atoms with Crippen LogP contribution in [0.1, 0.15) is 21.5 Å². The molecule has 144 valence electrons. The number of carbonyl (C=O) groups is 1. The standard InChI is InChI=1S/C23H18N2O3S/c1-14-2-4-19-17(8-14)18(10-20(25-19)16-6-7-29-12-16)23(26)24-11-15-3-5-21-22(9-15)28-13-27-21/h2-10,12H,11,13H2,1H3,(H,24,26). The highest BCUT2D eigenvalue weighted by molar-refractivity contribution is 7.08. The van der Waals surface area contributed by atoms with Crippen LogP contribution in [-0.2, 0) is 6.54 Å². The molecule has 3 heterocycles. The van der Waals surface area contributed by atoms with E-state index in [0.29, 0.717) is 17.9 Å². The number of nitrogens with zero attached hydrogens (tertiary/aromatic N) is 1. The lowest BCUT2D eigenvalue weighted by Crippen LogP contribution is -2.23. The van der Waals surface area contributed by atoms with E-state index in [1.165, 1.54) is 0 Å². The van der Waals surface area contributed by atoms with Crippen LogP contribution in [0.5, 0.6) is 11.5 Å². The molecule has 2 aromatic carbocycles. The second kappa shape index (κ2) is 7.22. The Kier molecular flexibility index (Phi) is 4.41. The van der Waals surface area contributed by atoms with Gasteiger partial charge in [-0.25, -0.2) is 4.98 Å². The number of thiophene rings is 1. The zero-order valence-corrected chi connectivity index (χ0v) is 16.6. The molecule has 5 nitrogen and oxygen atoms in total. The lowest BCUT2D eigenvalue weighted by atomic mass is 10.0. The van der Waals surface area contributed by atoms with Crippen LogP contribution in [0.4, 0.5) is 0 Å². The summed E-state index contributed by atoms with van der Waals surface area (Å²) in [5, 5.41) is 7.93. The Balaban J connectivity index is 1.47. The van der Waals surface area contributed by atoms with E-state index in [4.69, 9.17) is 14.5 Å². The van der Waals surface area contributed by atoms with Gasteiger partial charge in [-0.05, 0) is 54.3 Å². The van der Waals surface area contributed by atoms with Crippen LogP contribution in [0, 0.1) is 6.92 Å². The minimum atomic E-state index is -0.128. The van der Waals surface area contributed by atoms with Gasteiger partial charge in [0, 0.05) is 22.9 Å². The number of aryl methyl sites for hydroxylation is 1. The zero-order chi connectivity index (χ0) is 19.8. The number of fused-ring (bicyclic) bond motifs is 2. The van der Waals surface area contributed by atoms with Crippen LogP contribution in [0.25, 0.3) is 22.2 Å². The van der Waals surface area contributed by atoms with Crippen molar-refractivity contribution >= 4 is 28.1 Å². The van der Waals surface area contributed by atoms with Crippen molar-refractivity contribution in [2.45, 2.75) is 13.5 Å². The molecule has 1 aliphatic rings. The Bertz CT molecular complexity index is 1220. The SMILES string of the molecule is Cc1ccc2nc(-c3ccsc3)cc(C(=O)NCc3ccc4c(c3)OCO4)c2c1. The molecule has 0 aliphatic carbocycles. The van der Waals surface area contributed by atoms with Crippen molar-refractivity contribution in [3.63, 3.8) is 0 Å². The summed E-state index contributed by atoms with van der Waals surface area (Å²) in [6.45, 7) is 2.65. The van der Waals surface area contributed by atoms with Gasteiger partial charge in [0.1, 0.15) is 0 Å². The minimum Gasteiger partial charge on any atom is -0.454 e. The van der Waals surface area contributed by atoms with Crippen molar-refractivity contribution < 1.29 is 14.3 Å². The molecule has 0 atom stereocenters. The van der Waals surface area contributed by atoms with Gasteiger partial charge in [0.25, 0.3) is 5.91 Å². The summed E-state index contributed by atoms with van der Waals surface area (Å²) in [5.41, 5.74) is 5.30. The van der Waals surface area contributed by atoms with Crippen LogP contribution >= 0.6 is 11.3 Å². The van der Waals surface area contributed by atoms with E-state index in [0.717, 1.165) is 39.0 Å². The fraction of sp³-hybridized carbons (Fsp3) is 0.130. The summed E-state index contributed by atoms with van der Waals surface area (Å²) in [4.78, 5) is 17.9. The Hall–Kier alpha value is -3.38. The summed E-state index contributed by atoms with van der Waals surface area (Å²) in [5.74, 6) is 1.31. The van der Waals surface area contributed by atoms with Gasteiger partial charge < -0.3 is 14.8 Å². The van der Waals surface area contributed by atoms with Crippen molar-refractivity contribution in [1.29, 1.82) is 0 Å². The third-order valence-corrected chi connectivity index (χ3v) is 5.60. The summed E-state index contributed by atoms with van der Waals surface area (Å²) >= 11 is 1.61. The largest absolute Gasteiger partial charge is 0.454 e. The van der Waals surface area contributed by atoms with Crippen LogP contribution in [-0.4, -0.2) is 17.7 Å². The van der Waals surface area contributed by atoms with E-state index in [1.54, 1.807) is 11.3 Å². The fourth-order valence-electron chi connectivity index (χ4n) is 3.41. The predicted molar refractivity (Wildman–Crippen MR) is 114 cm³/mol. The average Bonchev–Trinajstić information content (AvgIpc) is 3.42. The lowest BCUT2D eigenvalue weighted by molar-refractivity contribution is 0.0952. The molecule has 29 heavy (non-hydrogen) atoms. The Morgan fingerprint density at radius 3 is 2.86 bits per heavy atom. The van der Waals surface area contributed by atoms with E-state index < -0.39 is 0 Å². The normalized spacial score (nSPS) is 12.3. The number of carbonyl (C=O) groups excluding carboxylic acids is 1. The van der Waals surface area contributed by atoms with Crippen LogP contribution in [0.2, 0.25) is 0 Å². The highest BCUT2D eigenvalue weighted by Gasteiger charge is 2.16. The predicted octanol–water partition coefficient (Wildman–Crippen LogP) is 4.93. The number of aromatic nitrogens is 1. The highest BCUT2D eigenvalue weighted by atomic mass is 32.1. The maximum atomic E-state index is 13.1. The van der Waals surface area contributed by atoms with Crippen molar-refractivity contribution in [3.8, 4) is 22.8 Å². The van der Waals surface area contributed by atoms with Crippen molar-refractivity contribution in [2.75, 3.05) is 6.79 Å². The summed E-state index contributed by atoms with van der Waals surface area (Å²) in [6, 6.07) is 15.6. The molecular weight excluding hydrogens is 384 g/mol. The average molecular weight is 402 g/mol. The molecular formula is C23H18N2O3S. The van der Waals surface area contributed by atoms with E-state index in [-0.39, 0.29) is 12.7 Å². The van der Waals surface area contributed by atoms with Gasteiger partial charge in [-0.1, -0.05) is 17.7 Å². The monoisotopic (exact) mass is 402 g/mol. The van der Waals surface area contributed by atoms with Crippen LogP contribution in [0.15, 0.2) is 59.3 Å². The van der Waals surface area contributed by atoms with E-state index in [1.807, 2.05) is 66.2 Å². The molecule has 1 aliphatic heterocycles. The number of nitrogens with one attached hydrogen (secondary N) is 1. The number of hydrogen-bond acceptors (Lipinski definition) is 5. The van der Waals surface area contributed by atoms with Crippen molar-refractivity contribution in [1.82, 2.24) is 10.3 Å². The summed E-state index contributed by atoms with van der Waals surface area (Å²) in [7, 11) is 0. The summed E-state index contributed by atoms with van der Waals surface area (Å²) < 4.78 is 10.8. The molecule has 0 bridgehead atoms. The molecule has 5 rings (SSSR count). The zero-order valence-electron chi connectivity index (χ0n) is 15.8. The number of ether oxygens (including phenoxy) is 2. The van der Waals surface area contributed by atoms with Gasteiger partial charge in [0.05, 0.1) is 16.8 Å². The lowest BCUT2D eigenvalue weighted by Gasteiger charge is -2.11. The Labute approximate surface area is 171 Å². The Morgan fingerprint density at radius 1 is 1.10 bits per heavy atom. The number of pyridine rings is 1. The maximum Gasteiger partial charge on any atom is 0.252 e. The minimum absolute atomic E-state index is 0.128. The molecule has 0 saturated heterocycles. The van der Waals surface area contributed by atoms with E-state index in [2.05, 4.69) is 5.32 Å². The number of hydrogen-bond donors (Lipinski definition) is 1. The van der Waals surface area contributed by atoms with Gasteiger partial charge in [-0.3, -0.25) is 4.79 Å². The maximum absolute atomic E-state index is 13.1. The molecule has 0 spiro atoms. The van der Waals surface area contributed by atoms with Crippen molar-refractivity contribution in [2.24, 2.45) is 0 Å². The molecule has 0 fully saturated rings. The van der Waals surface area contributed by atoms with E-state index in [9.17, 15) is 4.79 Å². The molecule has 1 N–H and O–H groups in total. The van der Waals surface area contributed by atoms with Gasteiger partial charge in [0.2, 0.25) is 6.79 Å². The van der Waals surface area contributed by atoms with Gasteiger partial charge >= 0.3 is 0 Å². The molecule has 0 saturated carbocycles. The summed E-state index contributed by atoms with van der Waals surface area (Å²) in [6.07, 6.45) is 0. The van der Waals surface area contributed by atoms with Crippen molar-refractivity contribution in [3.05, 3.63) is 76.0 Å². The second-order valence-corrected chi connectivity index (χ2v) is 7.74. The van der Waals surface area contributed by atoms with Gasteiger partial charge in [0.15, 0.2) is 11.5 Å². The number of benzene rings is 2. The molecule has 4 aromatic rings. The molecule has 2 aromatic heterocycles. The first-order valence-electron chi connectivity index (χ1n) is 9.28. The fourth-order valence-corrected chi connectivity index (χ4v) is 4.06. The smallest absolute Gasteiger partial charge is 0.252 e. The van der Waals surface area contributed by atoms with Crippen LogP contribution < -0.4 is 14.8 Å². The topological polar surface area (TPSA) is 60.5 Å². The van der Waals surface area contributed by atoms with Gasteiger partial charge in [-0.15, -0.1) is 0 Å². The molecule has 1 amide bonds. The molecule has 0 unspecified atom stereocenters. The van der Waals surface area contributed by atoms with Crippen LogP contribution in [0.3, 0.4) is 0 Å². The first kappa shape index (κ1) is 17.7. The Morgan fingerprint density at radius 2 is 2.00 bits per heavy atom. The second-order valence-electron chi connectivity index (χ2n) is 6.96. The van der Waals surface area contributed by atoms with E-state index >= 15 is 0 Å². The van der Waals surface area contributed by atoms with Gasteiger partial charge in [-0.2, -0.15) is 11.3 Å². The third kappa shape index (κ3) is 3.43. The quantitative estimate of drug-likeness (QED) is 0.526. The first-order valence-corrected chi connectivity index (χ1v) is 10.2. The molecule has 0 radical (unpaired) electrons. The molecule has 6 heteroatoms. The third-order valence-electron chi connectivity index (χ3n) is 4.92.